The monoisotopic (exact) mass is 324 g/mol. The predicted octanol–water partition coefficient (Wildman–Crippen LogP) is 2.60. The molecular weight excluding hydrogens is 312 g/mol. The third kappa shape index (κ3) is 2.42. The molecule has 3 aromatic heterocycles. The molecular formula is C15H12N6OS. The van der Waals surface area contributed by atoms with Crippen LogP contribution < -0.4 is 5.32 Å². The van der Waals surface area contributed by atoms with E-state index in [-0.39, 0.29) is 5.82 Å². The second-order valence-electron chi connectivity index (χ2n) is 5.18. The number of hydrogen-bond acceptors (Lipinski definition) is 6. The minimum Gasteiger partial charge on any atom is -0.295 e. The Kier molecular flexibility index (Phi) is 3.05. The fourth-order valence-corrected chi connectivity index (χ4v) is 3.20. The molecule has 0 saturated heterocycles. The summed E-state index contributed by atoms with van der Waals surface area (Å²) in [7, 11) is 0. The van der Waals surface area contributed by atoms with Gasteiger partial charge in [0.2, 0.25) is 5.82 Å². The number of nitrogens with zero attached hydrogens (tertiary/aromatic N) is 5. The predicted molar refractivity (Wildman–Crippen MR) is 87.8 cm³/mol. The molecule has 7 nitrogen and oxygen atoms in total. The lowest BCUT2D eigenvalue weighted by Gasteiger charge is -1.95. The largest absolute Gasteiger partial charge is 0.297 e. The molecule has 0 fully saturated rings. The first-order chi connectivity index (χ1) is 11.1. The number of carbonyl (C=O) groups excluding carboxylic acids is 1. The van der Waals surface area contributed by atoms with Gasteiger partial charge in [-0.05, 0) is 37.6 Å². The number of benzene rings is 1. The molecule has 8 heteroatoms. The van der Waals surface area contributed by atoms with E-state index in [2.05, 4.69) is 25.4 Å². The summed E-state index contributed by atoms with van der Waals surface area (Å²) in [6.45, 7) is 3.90. The highest BCUT2D eigenvalue weighted by Crippen LogP contribution is 2.26. The molecule has 0 unspecified atom stereocenters. The minimum atomic E-state index is -0.398. The summed E-state index contributed by atoms with van der Waals surface area (Å²) in [5, 5.41) is 7.46. The highest BCUT2D eigenvalue weighted by atomic mass is 32.1. The molecule has 0 spiro atoms. The first-order valence-corrected chi connectivity index (χ1v) is 7.79. The Bertz CT molecular complexity index is 1050. The Morgan fingerprint density at radius 2 is 2.09 bits per heavy atom. The van der Waals surface area contributed by atoms with E-state index in [1.54, 1.807) is 12.3 Å². The topological polar surface area (TPSA) is 85.1 Å². The van der Waals surface area contributed by atoms with Gasteiger partial charge in [-0.3, -0.25) is 10.1 Å². The fraction of sp³-hybridized carbons (Fsp3) is 0.133. The molecule has 1 amide bonds. The van der Waals surface area contributed by atoms with Gasteiger partial charge in [-0.2, -0.15) is 4.98 Å². The van der Waals surface area contributed by atoms with E-state index in [0.29, 0.717) is 10.9 Å². The average Bonchev–Trinajstić information content (AvgIpc) is 3.11. The van der Waals surface area contributed by atoms with Crippen molar-refractivity contribution in [1.82, 2.24) is 24.6 Å². The molecule has 3 heterocycles. The van der Waals surface area contributed by atoms with E-state index >= 15 is 0 Å². The standard InChI is InChI=1S/C15H12N6OS/c1-8-3-4-10-11(7-8)23-15(17-10)19-13(22)12-18-14-16-6-5-9(2)21(14)20-12/h3-7H,1-2H3,(H,17,19,22). The molecule has 0 radical (unpaired) electrons. The van der Waals surface area contributed by atoms with Crippen molar-refractivity contribution in [2.24, 2.45) is 0 Å². The van der Waals surface area contributed by atoms with Crippen molar-refractivity contribution in [2.45, 2.75) is 13.8 Å². The second kappa shape index (κ2) is 5.10. The molecule has 1 N–H and O–H groups in total. The number of aromatic nitrogens is 5. The zero-order valence-electron chi connectivity index (χ0n) is 12.4. The maximum absolute atomic E-state index is 12.3. The summed E-state index contributed by atoms with van der Waals surface area (Å²) >= 11 is 1.42. The van der Waals surface area contributed by atoms with Crippen LogP contribution >= 0.6 is 11.3 Å². The van der Waals surface area contributed by atoms with Gasteiger partial charge >= 0.3 is 0 Å². The molecule has 4 aromatic rings. The van der Waals surface area contributed by atoms with Crippen LogP contribution in [-0.2, 0) is 0 Å². The third-order valence-corrected chi connectivity index (χ3v) is 4.33. The van der Waals surface area contributed by atoms with Crippen LogP contribution in [0.25, 0.3) is 16.0 Å². The number of hydrogen-bond donors (Lipinski definition) is 1. The van der Waals surface area contributed by atoms with Crippen LogP contribution in [0.4, 0.5) is 5.13 Å². The number of thiazole rings is 1. The maximum Gasteiger partial charge on any atom is 0.297 e. The van der Waals surface area contributed by atoms with Gasteiger partial charge in [0.25, 0.3) is 11.7 Å². The molecule has 0 atom stereocenters. The zero-order chi connectivity index (χ0) is 16.0. The Morgan fingerprint density at radius 1 is 1.22 bits per heavy atom. The summed E-state index contributed by atoms with van der Waals surface area (Å²) in [4.78, 5) is 25.0. The van der Waals surface area contributed by atoms with Crippen LogP contribution in [0.3, 0.4) is 0 Å². The lowest BCUT2D eigenvalue weighted by atomic mass is 10.2. The quantitative estimate of drug-likeness (QED) is 0.612. The minimum absolute atomic E-state index is 0.0715. The number of nitrogens with one attached hydrogen (secondary N) is 1. The van der Waals surface area contributed by atoms with E-state index in [9.17, 15) is 4.79 Å². The maximum atomic E-state index is 12.3. The van der Waals surface area contributed by atoms with E-state index in [1.807, 2.05) is 32.0 Å². The van der Waals surface area contributed by atoms with Gasteiger partial charge in [0.15, 0.2) is 5.13 Å². The van der Waals surface area contributed by atoms with Gasteiger partial charge in [-0.15, -0.1) is 5.10 Å². The summed E-state index contributed by atoms with van der Waals surface area (Å²) in [6.07, 6.45) is 1.64. The first-order valence-electron chi connectivity index (χ1n) is 6.97. The highest BCUT2D eigenvalue weighted by molar-refractivity contribution is 7.22. The van der Waals surface area contributed by atoms with Crippen LogP contribution in [0, 0.1) is 13.8 Å². The number of carbonyl (C=O) groups is 1. The van der Waals surface area contributed by atoms with Crippen LogP contribution in [0.15, 0.2) is 30.5 Å². The lowest BCUT2D eigenvalue weighted by Crippen LogP contribution is -2.13. The van der Waals surface area contributed by atoms with Gasteiger partial charge in [0.1, 0.15) is 0 Å². The van der Waals surface area contributed by atoms with Gasteiger partial charge in [-0.25, -0.2) is 14.5 Å². The van der Waals surface area contributed by atoms with Crippen molar-refractivity contribution >= 4 is 38.4 Å². The Labute approximate surface area is 135 Å². The zero-order valence-corrected chi connectivity index (χ0v) is 13.3. The van der Waals surface area contributed by atoms with Gasteiger partial charge < -0.3 is 0 Å². The van der Waals surface area contributed by atoms with Gasteiger partial charge in [-0.1, -0.05) is 17.4 Å². The van der Waals surface area contributed by atoms with Crippen LogP contribution in [0.5, 0.6) is 0 Å². The highest BCUT2D eigenvalue weighted by Gasteiger charge is 2.16. The van der Waals surface area contributed by atoms with Crippen molar-refractivity contribution in [3.8, 4) is 0 Å². The Balaban J connectivity index is 1.66. The van der Waals surface area contributed by atoms with Gasteiger partial charge in [0, 0.05) is 11.9 Å². The lowest BCUT2D eigenvalue weighted by molar-refractivity contribution is 0.101. The van der Waals surface area contributed by atoms with Crippen LogP contribution in [0.1, 0.15) is 21.9 Å². The summed E-state index contributed by atoms with van der Waals surface area (Å²) in [6, 6.07) is 7.78. The number of amides is 1. The molecule has 0 bridgehead atoms. The van der Waals surface area contributed by atoms with E-state index in [1.165, 1.54) is 15.9 Å². The van der Waals surface area contributed by atoms with Crippen molar-refractivity contribution in [3.63, 3.8) is 0 Å². The molecule has 1 aromatic carbocycles. The Morgan fingerprint density at radius 3 is 2.91 bits per heavy atom. The van der Waals surface area contributed by atoms with E-state index in [0.717, 1.165) is 21.5 Å². The molecule has 0 saturated carbocycles. The molecule has 4 rings (SSSR count). The van der Waals surface area contributed by atoms with Gasteiger partial charge in [0.05, 0.1) is 10.2 Å². The van der Waals surface area contributed by atoms with Crippen LogP contribution in [-0.4, -0.2) is 30.5 Å². The first kappa shape index (κ1) is 13.8. The second-order valence-corrected chi connectivity index (χ2v) is 6.21. The number of anilines is 1. The third-order valence-electron chi connectivity index (χ3n) is 3.40. The Hall–Kier alpha value is -2.87. The van der Waals surface area contributed by atoms with Crippen molar-refractivity contribution in [3.05, 3.63) is 47.5 Å². The van der Waals surface area contributed by atoms with Crippen LogP contribution in [0.2, 0.25) is 0 Å². The molecule has 23 heavy (non-hydrogen) atoms. The fourth-order valence-electron chi connectivity index (χ4n) is 2.24. The van der Waals surface area contributed by atoms with Crippen molar-refractivity contribution < 1.29 is 4.79 Å². The summed E-state index contributed by atoms with van der Waals surface area (Å²) < 4.78 is 2.57. The average molecular weight is 324 g/mol. The molecule has 0 aliphatic carbocycles. The molecule has 114 valence electrons. The summed E-state index contributed by atoms with van der Waals surface area (Å²) in [5.41, 5.74) is 2.87. The molecule has 0 aliphatic heterocycles. The van der Waals surface area contributed by atoms with E-state index < -0.39 is 5.91 Å². The van der Waals surface area contributed by atoms with E-state index in [4.69, 9.17) is 0 Å². The number of rotatable bonds is 2. The number of aryl methyl sites for hydroxylation is 2. The smallest absolute Gasteiger partial charge is 0.295 e. The van der Waals surface area contributed by atoms with Crippen molar-refractivity contribution in [1.29, 1.82) is 0 Å². The van der Waals surface area contributed by atoms with Crippen molar-refractivity contribution in [2.75, 3.05) is 5.32 Å². The number of fused-ring (bicyclic) bond motifs is 2. The molecule has 0 aliphatic rings. The SMILES string of the molecule is Cc1ccc2nc(NC(=O)c3nc4nccc(C)n4n3)sc2c1. The normalized spacial score (nSPS) is 11.2. The summed E-state index contributed by atoms with van der Waals surface area (Å²) in [5.74, 6) is 0.0722.